The van der Waals surface area contributed by atoms with Crippen molar-refractivity contribution in [3.05, 3.63) is 59.2 Å². The molecule has 0 saturated carbocycles. The van der Waals surface area contributed by atoms with E-state index in [0.717, 1.165) is 0 Å². The van der Waals surface area contributed by atoms with E-state index in [1.54, 1.807) is 36.5 Å². The molecule has 2 aromatic heterocycles. The van der Waals surface area contributed by atoms with Crippen LogP contribution in [0.3, 0.4) is 0 Å². The fourth-order valence-electron chi connectivity index (χ4n) is 1.92. The molecule has 0 aliphatic heterocycles. The molecule has 0 radical (unpaired) electrons. The Hall–Kier alpha value is -2.73. The van der Waals surface area contributed by atoms with Crippen LogP contribution in [-0.2, 0) is 0 Å². The molecule has 6 nitrogen and oxygen atoms in total. The lowest BCUT2D eigenvalue weighted by molar-refractivity contribution is 0.568. The van der Waals surface area contributed by atoms with E-state index in [9.17, 15) is 0 Å². The first kappa shape index (κ1) is 13.3. The lowest BCUT2D eigenvalue weighted by atomic mass is 9.99. The standard InChI is InChI=1S/C14H10ClN5O/c15-12-6-8(3-4-18-12)13(17)10-5-9(1-2-11(10)16)14-20-19-7-21-14/h1-7,17H,16H2. The topological polar surface area (TPSA) is 102 Å². The molecule has 21 heavy (non-hydrogen) atoms. The maximum absolute atomic E-state index is 8.30. The Kier molecular flexibility index (Phi) is 3.37. The molecule has 0 unspecified atom stereocenters. The van der Waals surface area contributed by atoms with Gasteiger partial charge in [-0.05, 0) is 30.3 Å². The largest absolute Gasteiger partial charge is 0.423 e. The van der Waals surface area contributed by atoms with Gasteiger partial charge in [-0.1, -0.05) is 11.6 Å². The lowest BCUT2D eigenvalue weighted by Gasteiger charge is -2.09. The van der Waals surface area contributed by atoms with Crippen LogP contribution in [-0.4, -0.2) is 20.9 Å². The Morgan fingerprint density at radius 2 is 2.10 bits per heavy atom. The van der Waals surface area contributed by atoms with Crippen molar-refractivity contribution in [2.45, 2.75) is 0 Å². The lowest BCUT2D eigenvalue weighted by Crippen LogP contribution is -2.06. The highest BCUT2D eigenvalue weighted by molar-refractivity contribution is 6.30. The average molecular weight is 300 g/mol. The molecule has 1 aromatic carbocycles. The van der Waals surface area contributed by atoms with Crippen molar-refractivity contribution in [2.24, 2.45) is 0 Å². The SMILES string of the molecule is N=C(c1ccnc(Cl)c1)c1cc(-c2nnco2)ccc1N. The van der Waals surface area contributed by atoms with Gasteiger partial charge in [0.15, 0.2) is 0 Å². The quantitative estimate of drug-likeness (QED) is 0.440. The molecule has 0 aliphatic rings. The molecule has 0 atom stereocenters. The average Bonchev–Trinajstić information content (AvgIpc) is 3.01. The molecule has 0 fully saturated rings. The number of benzene rings is 1. The summed E-state index contributed by atoms with van der Waals surface area (Å²) < 4.78 is 5.15. The molecule has 3 N–H and O–H groups in total. The van der Waals surface area contributed by atoms with E-state index in [-0.39, 0.29) is 5.71 Å². The normalized spacial score (nSPS) is 10.5. The number of aromatic nitrogens is 3. The number of anilines is 1. The van der Waals surface area contributed by atoms with Crippen LogP contribution >= 0.6 is 11.6 Å². The Morgan fingerprint density at radius 3 is 2.81 bits per heavy atom. The number of nitrogens with one attached hydrogen (secondary N) is 1. The molecule has 0 amide bonds. The molecule has 0 saturated heterocycles. The van der Waals surface area contributed by atoms with Gasteiger partial charge < -0.3 is 10.2 Å². The van der Waals surface area contributed by atoms with Gasteiger partial charge in [0.05, 0.1) is 5.71 Å². The highest BCUT2D eigenvalue weighted by Crippen LogP contribution is 2.24. The molecule has 0 bridgehead atoms. The number of hydrogen-bond acceptors (Lipinski definition) is 6. The Bertz CT molecular complexity index is 801. The van der Waals surface area contributed by atoms with Gasteiger partial charge in [0.1, 0.15) is 5.15 Å². The number of rotatable bonds is 3. The second-order valence-corrected chi connectivity index (χ2v) is 4.68. The Balaban J connectivity index is 2.05. The first-order valence-corrected chi connectivity index (χ1v) is 6.40. The van der Waals surface area contributed by atoms with Crippen LogP contribution < -0.4 is 5.73 Å². The van der Waals surface area contributed by atoms with Gasteiger partial charge in [0.2, 0.25) is 12.3 Å². The molecule has 0 aliphatic carbocycles. The first-order valence-electron chi connectivity index (χ1n) is 6.02. The third kappa shape index (κ3) is 2.61. The van der Waals surface area contributed by atoms with Gasteiger partial charge in [0.25, 0.3) is 0 Å². The van der Waals surface area contributed by atoms with E-state index in [1.165, 1.54) is 6.39 Å². The third-order valence-electron chi connectivity index (χ3n) is 2.94. The van der Waals surface area contributed by atoms with Crippen molar-refractivity contribution in [3.8, 4) is 11.5 Å². The minimum Gasteiger partial charge on any atom is -0.423 e. The molecule has 2 heterocycles. The summed E-state index contributed by atoms with van der Waals surface area (Å²) in [7, 11) is 0. The number of nitrogen functional groups attached to an aromatic ring is 1. The van der Waals surface area contributed by atoms with Crippen molar-refractivity contribution in [1.82, 2.24) is 15.2 Å². The smallest absolute Gasteiger partial charge is 0.247 e. The summed E-state index contributed by atoms with van der Waals surface area (Å²) in [5, 5.41) is 16.1. The van der Waals surface area contributed by atoms with E-state index in [2.05, 4.69) is 15.2 Å². The second-order valence-electron chi connectivity index (χ2n) is 4.29. The molecule has 3 aromatic rings. The summed E-state index contributed by atoms with van der Waals surface area (Å²) in [4.78, 5) is 3.90. The number of nitrogens with two attached hydrogens (primary N) is 1. The molecule has 7 heteroatoms. The van der Waals surface area contributed by atoms with Crippen LogP contribution in [0.5, 0.6) is 0 Å². The summed E-state index contributed by atoms with van der Waals surface area (Å²) in [5.74, 6) is 0.372. The van der Waals surface area contributed by atoms with Gasteiger partial charge in [-0.2, -0.15) is 0 Å². The van der Waals surface area contributed by atoms with E-state index in [4.69, 9.17) is 27.2 Å². The molecule has 104 valence electrons. The maximum atomic E-state index is 8.30. The van der Waals surface area contributed by atoms with Gasteiger partial charge in [-0.25, -0.2) is 4.98 Å². The Morgan fingerprint density at radius 1 is 1.24 bits per heavy atom. The van der Waals surface area contributed by atoms with Gasteiger partial charge in [-0.15, -0.1) is 10.2 Å². The minimum atomic E-state index is 0.248. The van der Waals surface area contributed by atoms with Crippen molar-refractivity contribution in [1.29, 1.82) is 5.41 Å². The van der Waals surface area contributed by atoms with Crippen LogP contribution in [0.1, 0.15) is 11.1 Å². The summed E-state index contributed by atoms with van der Waals surface area (Å²) in [6.07, 6.45) is 2.80. The number of nitrogens with zero attached hydrogens (tertiary/aromatic N) is 3. The fraction of sp³-hybridized carbons (Fsp3) is 0. The monoisotopic (exact) mass is 299 g/mol. The van der Waals surface area contributed by atoms with E-state index >= 15 is 0 Å². The van der Waals surface area contributed by atoms with Gasteiger partial charge >= 0.3 is 0 Å². The van der Waals surface area contributed by atoms with Crippen LogP contribution in [0.4, 0.5) is 5.69 Å². The van der Waals surface area contributed by atoms with Gasteiger partial charge in [-0.3, -0.25) is 5.41 Å². The molecular formula is C14H10ClN5O. The molecule has 3 rings (SSSR count). The highest BCUT2D eigenvalue weighted by Gasteiger charge is 2.12. The third-order valence-corrected chi connectivity index (χ3v) is 3.15. The van der Waals surface area contributed by atoms with Crippen LogP contribution in [0.15, 0.2) is 47.3 Å². The molecular weight excluding hydrogens is 290 g/mol. The van der Waals surface area contributed by atoms with Crippen LogP contribution in [0, 0.1) is 5.41 Å². The predicted molar refractivity (Wildman–Crippen MR) is 79.3 cm³/mol. The summed E-state index contributed by atoms with van der Waals surface area (Å²) >= 11 is 5.86. The van der Waals surface area contributed by atoms with E-state index in [1.807, 2.05) is 0 Å². The van der Waals surface area contributed by atoms with E-state index in [0.29, 0.717) is 33.4 Å². The number of hydrogen-bond donors (Lipinski definition) is 2. The van der Waals surface area contributed by atoms with Crippen molar-refractivity contribution in [3.63, 3.8) is 0 Å². The fourth-order valence-corrected chi connectivity index (χ4v) is 2.09. The number of pyridine rings is 1. The number of halogens is 1. The Labute approximate surface area is 125 Å². The van der Waals surface area contributed by atoms with Crippen molar-refractivity contribution >= 4 is 23.0 Å². The van der Waals surface area contributed by atoms with Crippen molar-refractivity contribution in [2.75, 3.05) is 5.73 Å². The van der Waals surface area contributed by atoms with Gasteiger partial charge in [0, 0.05) is 28.6 Å². The van der Waals surface area contributed by atoms with Crippen LogP contribution in [0.2, 0.25) is 5.15 Å². The summed E-state index contributed by atoms with van der Waals surface area (Å²) in [5.41, 5.74) is 8.58. The zero-order valence-electron chi connectivity index (χ0n) is 10.7. The summed E-state index contributed by atoms with van der Waals surface area (Å²) in [6, 6.07) is 8.51. The molecule has 0 spiro atoms. The predicted octanol–water partition coefficient (Wildman–Crippen LogP) is 2.78. The zero-order valence-corrected chi connectivity index (χ0v) is 11.5. The first-order chi connectivity index (χ1) is 10.1. The van der Waals surface area contributed by atoms with Crippen LogP contribution in [0.25, 0.3) is 11.5 Å². The highest BCUT2D eigenvalue weighted by atomic mass is 35.5. The maximum Gasteiger partial charge on any atom is 0.247 e. The zero-order chi connectivity index (χ0) is 14.8. The van der Waals surface area contributed by atoms with E-state index < -0.39 is 0 Å². The second kappa shape index (κ2) is 5.34. The minimum absolute atomic E-state index is 0.248. The summed E-state index contributed by atoms with van der Waals surface area (Å²) in [6.45, 7) is 0. The van der Waals surface area contributed by atoms with Crippen molar-refractivity contribution < 1.29 is 4.42 Å².